The van der Waals surface area contributed by atoms with E-state index in [4.69, 9.17) is 14.2 Å². The lowest BCUT2D eigenvalue weighted by molar-refractivity contribution is -0.132. The van der Waals surface area contributed by atoms with Gasteiger partial charge in [0, 0.05) is 5.56 Å². The molecule has 3 aromatic rings. The fourth-order valence-corrected chi connectivity index (χ4v) is 5.41. The number of benzene rings is 2. The van der Waals surface area contributed by atoms with Crippen LogP contribution in [0.2, 0.25) is 0 Å². The summed E-state index contributed by atoms with van der Waals surface area (Å²) in [6, 6.07) is 10.9. The molecule has 0 aliphatic carbocycles. The lowest BCUT2D eigenvalue weighted by Crippen LogP contribution is -2.29. The zero-order valence-corrected chi connectivity index (χ0v) is 23.5. The third kappa shape index (κ3) is 5.48. The van der Waals surface area contributed by atoms with Crippen molar-refractivity contribution in [3.8, 4) is 11.5 Å². The maximum atomic E-state index is 13.5. The summed E-state index contributed by atoms with van der Waals surface area (Å²) in [5.74, 6) is -1.44. The third-order valence-corrected chi connectivity index (χ3v) is 7.36. The molecule has 1 amide bonds. The van der Waals surface area contributed by atoms with Gasteiger partial charge in [-0.15, -0.1) is 0 Å². The molecule has 0 spiro atoms. The minimum absolute atomic E-state index is 0.0949. The lowest BCUT2D eigenvalue weighted by Gasteiger charge is -2.23. The molecule has 9 nitrogen and oxygen atoms in total. The van der Waals surface area contributed by atoms with Gasteiger partial charge in [-0.05, 0) is 69.2 Å². The molecule has 0 bridgehead atoms. The van der Waals surface area contributed by atoms with Crippen molar-refractivity contribution in [2.75, 3.05) is 24.7 Å². The smallest absolute Gasteiger partial charge is 0.350 e. The monoisotopic (exact) mass is 562 g/mol. The first-order chi connectivity index (χ1) is 19.2. The average Bonchev–Trinajstić information content (AvgIpc) is 3.44. The number of rotatable bonds is 10. The van der Waals surface area contributed by atoms with Gasteiger partial charge in [-0.1, -0.05) is 36.1 Å². The molecule has 208 valence electrons. The number of aliphatic hydroxyl groups is 1. The van der Waals surface area contributed by atoms with Crippen LogP contribution in [-0.4, -0.2) is 47.6 Å². The maximum absolute atomic E-state index is 13.5. The van der Waals surface area contributed by atoms with E-state index in [1.54, 1.807) is 69.3 Å². The summed E-state index contributed by atoms with van der Waals surface area (Å²) in [6.45, 7) is 11.6. The third-order valence-electron chi connectivity index (χ3n) is 6.22. The molecule has 1 fully saturated rings. The summed E-state index contributed by atoms with van der Waals surface area (Å²) in [5, 5.41) is 11.6. The highest BCUT2D eigenvalue weighted by molar-refractivity contribution is 7.17. The zero-order chi connectivity index (χ0) is 29.0. The van der Waals surface area contributed by atoms with Crippen LogP contribution in [0.3, 0.4) is 0 Å². The van der Waals surface area contributed by atoms with Gasteiger partial charge >= 0.3 is 11.9 Å². The van der Waals surface area contributed by atoms with Crippen molar-refractivity contribution in [2.24, 2.45) is 0 Å². The molecule has 1 aromatic heterocycles. The number of ether oxygens (including phenoxy) is 3. The van der Waals surface area contributed by atoms with Gasteiger partial charge in [0.25, 0.3) is 5.78 Å². The molecule has 1 N–H and O–H groups in total. The van der Waals surface area contributed by atoms with Gasteiger partial charge in [0.1, 0.15) is 28.7 Å². The van der Waals surface area contributed by atoms with Crippen molar-refractivity contribution in [2.45, 2.75) is 33.7 Å². The van der Waals surface area contributed by atoms with Crippen LogP contribution >= 0.6 is 11.3 Å². The van der Waals surface area contributed by atoms with Crippen LogP contribution in [0.5, 0.6) is 11.5 Å². The Labute approximate surface area is 236 Å². The van der Waals surface area contributed by atoms with Gasteiger partial charge in [0.15, 0.2) is 5.13 Å². The quantitative estimate of drug-likeness (QED) is 0.113. The number of carbonyl (C=O) groups is 3. The van der Waals surface area contributed by atoms with Gasteiger partial charge in [0.05, 0.1) is 30.5 Å². The number of hydrogen-bond donors (Lipinski definition) is 1. The Hall–Kier alpha value is -4.44. The van der Waals surface area contributed by atoms with Gasteiger partial charge in [-0.3, -0.25) is 14.5 Å². The summed E-state index contributed by atoms with van der Waals surface area (Å²) in [5.41, 5.74) is 1.87. The predicted molar refractivity (Wildman–Crippen MR) is 152 cm³/mol. The number of nitrogens with zero attached hydrogens (tertiary/aromatic N) is 2. The van der Waals surface area contributed by atoms with Gasteiger partial charge in [0.2, 0.25) is 0 Å². The van der Waals surface area contributed by atoms with E-state index in [0.717, 1.165) is 11.3 Å². The van der Waals surface area contributed by atoms with Gasteiger partial charge in [-0.25, -0.2) is 9.78 Å². The SMILES string of the molecule is C=CCOc1ccc(C2/C(=C(/O)c3ccc(OCC)cc3C)C(=O)C(=O)N2c2nc(C)c(C(=O)OCC)s2)cc1. The highest BCUT2D eigenvalue weighted by Gasteiger charge is 2.48. The molecule has 0 radical (unpaired) electrons. The molecule has 1 aliphatic rings. The second-order valence-electron chi connectivity index (χ2n) is 8.88. The van der Waals surface area contributed by atoms with Crippen LogP contribution in [-0.2, 0) is 14.3 Å². The number of aliphatic hydroxyl groups excluding tert-OH is 1. The van der Waals surface area contributed by atoms with E-state index in [1.165, 1.54) is 4.90 Å². The second kappa shape index (κ2) is 12.2. The van der Waals surface area contributed by atoms with E-state index in [-0.39, 0.29) is 27.9 Å². The Bertz CT molecular complexity index is 1490. The second-order valence-corrected chi connectivity index (χ2v) is 9.86. The highest BCUT2D eigenvalue weighted by atomic mass is 32.1. The summed E-state index contributed by atoms with van der Waals surface area (Å²) in [6.07, 6.45) is 1.62. The number of carbonyl (C=O) groups excluding carboxylic acids is 3. The number of esters is 1. The van der Waals surface area contributed by atoms with Crippen LogP contribution in [0.15, 0.2) is 60.7 Å². The van der Waals surface area contributed by atoms with E-state index >= 15 is 0 Å². The van der Waals surface area contributed by atoms with Crippen molar-refractivity contribution >= 4 is 39.9 Å². The fraction of sp³-hybridized carbons (Fsp3) is 0.267. The molecule has 1 atom stereocenters. The molecule has 1 aliphatic heterocycles. The molecular formula is C30H30N2O7S. The lowest BCUT2D eigenvalue weighted by atomic mass is 9.94. The highest BCUT2D eigenvalue weighted by Crippen LogP contribution is 2.44. The van der Waals surface area contributed by atoms with Crippen LogP contribution < -0.4 is 14.4 Å². The van der Waals surface area contributed by atoms with Crippen molar-refractivity contribution in [3.05, 3.63) is 88.0 Å². The average molecular weight is 563 g/mol. The molecular weight excluding hydrogens is 532 g/mol. The fourth-order valence-electron chi connectivity index (χ4n) is 4.42. The van der Waals surface area contributed by atoms with Gasteiger partial charge in [-0.2, -0.15) is 0 Å². The van der Waals surface area contributed by atoms with E-state index in [0.29, 0.717) is 47.1 Å². The Morgan fingerprint density at radius 2 is 1.77 bits per heavy atom. The van der Waals surface area contributed by atoms with Crippen molar-refractivity contribution in [1.82, 2.24) is 4.98 Å². The minimum Gasteiger partial charge on any atom is -0.507 e. The van der Waals surface area contributed by atoms with E-state index < -0.39 is 23.7 Å². The predicted octanol–water partition coefficient (Wildman–Crippen LogP) is 5.53. The summed E-state index contributed by atoms with van der Waals surface area (Å²) < 4.78 is 16.3. The van der Waals surface area contributed by atoms with Crippen molar-refractivity contribution in [3.63, 3.8) is 0 Å². The summed E-state index contributed by atoms with van der Waals surface area (Å²) in [7, 11) is 0. The molecule has 4 rings (SSSR count). The number of aryl methyl sites for hydroxylation is 2. The molecule has 2 aromatic carbocycles. The maximum Gasteiger partial charge on any atom is 0.350 e. The summed E-state index contributed by atoms with van der Waals surface area (Å²) >= 11 is 0.954. The Balaban J connectivity index is 1.88. The van der Waals surface area contributed by atoms with Crippen molar-refractivity contribution in [1.29, 1.82) is 0 Å². The molecule has 0 saturated carbocycles. The Kier molecular flexibility index (Phi) is 8.69. The van der Waals surface area contributed by atoms with Crippen LogP contribution in [0.4, 0.5) is 5.13 Å². The molecule has 2 heterocycles. The van der Waals surface area contributed by atoms with Crippen LogP contribution in [0.25, 0.3) is 5.76 Å². The molecule has 40 heavy (non-hydrogen) atoms. The molecule has 1 saturated heterocycles. The number of hydrogen-bond acceptors (Lipinski definition) is 9. The number of amides is 1. The molecule has 1 unspecified atom stereocenters. The Morgan fingerprint density at radius 3 is 2.40 bits per heavy atom. The first kappa shape index (κ1) is 28.6. The Morgan fingerprint density at radius 1 is 1.07 bits per heavy atom. The van der Waals surface area contributed by atoms with E-state index in [2.05, 4.69) is 11.6 Å². The number of aromatic nitrogens is 1. The normalized spacial score (nSPS) is 16.2. The number of anilines is 1. The molecule has 10 heteroatoms. The minimum atomic E-state index is -1.01. The van der Waals surface area contributed by atoms with Crippen LogP contribution in [0.1, 0.15) is 51.9 Å². The van der Waals surface area contributed by atoms with E-state index in [9.17, 15) is 19.5 Å². The summed E-state index contributed by atoms with van der Waals surface area (Å²) in [4.78, 5) is 45.4. The first-order valence-electron chi connectivity index (χ1n) is 12.7. The van der Waals surface area contributed by atoms with E-state index in [1.807, 2.05) is 6.92 Å². The number of ketones is 1. The van der Waals surface area contributed by atoms with Gasteiger partial charge < -0.3 is 19.3 Å². The van der Waals surface area contributed by atoms with Crippen LogP contribution in [0, 0.1) is 13.8 Å². The first-order valence-corrected chi connectivity index (χ1v) is 13.6. The number of Topliss-reactive ketones (excluding diaryl/α,β-unsaturated/α-hetero) is 1. The largest absolute Gasteiger partial charge is 0.507 e. The van der Waals surface area contributed by atoms with Crippen molar-refractivity contribution < 1.29 is 33.7 Å². The number of thiazole rings is 1. The topological polar surface area (TPSA) is 115 Å². The zero-order valence-electron chi connectivity index (χ0n) is 22.7. The standard InChI is InChI=1S/C30H30N2O7S/c1-6-15-39-20-11-9-19(10-12-20)24-23(25(33)22-14-13-21(37-7-2)16-17(22)4)26(34)28(35)32(24)30-31-18(5)27(40-30)29(36)38-8-3/h6,9-14,16,24,33H,1,7-8,15H2,2-5H3/b25-23-.